The summed E-state index contributed by atoms with van der Waals surface area (Å²) in [6, 6.07) is 11.4. The number of aromatic nitrogens is 4. The average molecular weight is 467 g/mol. The highest BCUT2D eigenvalue weighted by Gasteiger charge is 2.48. The summed E-state index contributed by atoms with van der Waals surface area (Å²) in [5.41, 5.74) is 8.80. The van der Waals surface area contributed by atoms with Crippen molar-refractivity contribution in [3.05, 3.63) is 59.8 Å². The topological polar surface area (TPSA) is 72.3 Å². The fourth-order valence-electron chi connectivity index (χ4n) is 5.02. The minimum atomic E-state index is -4.44. The third-order valence-electron chi connectivity index (χ3n) is 6.94. The Labute approximate surface area is 194 Å². The van der Waals surface area contributed by atoms with E-state index in [-0.39, 0.29) is 12.1 Å². The quantitative estimate of drug-likeness (QED) is 0.466. The molecule has 1 aliphatic carbocycles. The van der Waals surface area contributed by atoms with Gasteiger partial charge in [-0.15, -0.1) is 10.2 Å². The molecule has 1 saturated heterocycles. The molecule has 2 atom stereocenters. The van der Waals surface area contributed by atoms with Crippen molar-refractivity contribution in [2.45, 2.75) is 49.9 Å². The third kappa shape index (κ3) is 3.82. The Balaban J connectivity index is 1.42. The van der Waals surface area contributed by atoms with Gasteiger partial charge in [0.2, 0.25) is 0 Å². The van der Waals surface area contributed by atoms with Gasteiger partial charge in [-0.1, -0.05) is 24.3 Å². The number of benzene rings is 1. The number of fused-ring (bicyclic) bond motifs is 2. The molecule has 6 nitrogen and oxygen atoms in total. The van der Waals surface area contributed by atoms with Crippen molar-refractivity contribution in [2.75, 3.05) is 13.1 Å². The molecule has 6 rings (SSSR count). The molecule has 1 aliphatic heterocycles. The fraction of sp³-hybridized carbons (Fsp3) is 0.400. The van der Waals surface area contributed by atoms with E-state index in [2.05, 4.69) is 28.4 Å². The molecular weight excluding hydrogens is 441 g/mol. The second-order valence-corrected chi connectivity index (χ2v) is 9.96. The lowest BCUT2D eigenvalue weighted by atomic mass is 10.0. The molecule has 4 heterocycles. The monoisotopic (exact) mass is 466 g/mol. The number of likely N-dealkylation sites (tertiary alicyclic amines) is 1. The lowest BCUT2D eigenvalue weighted by Gasteiger charge is -2.31. The maximum absolute atomic E-state index is 14.2. The zero-order valence-electron chi connectivity index (χ0n) is 18.8. The Morgan fingerprint density at radius 3 is 2.59 bits per heavy atom. The third-order valence-corrected chi connectivity index (χ3v) is 6.94. The molecule has 176 valence electrons. The minimum absolute atomic E-state index is 0.135. The first-order chi connectivity index (χ1) is 16.2. The van der Waals surface area contributed by atoms with Crippen LogP contribution in [-0.2, 0) is 0 Å². The number of rotatable bonds is 4. The van der Waals surface area contributed by atoms with E-state index in [0.29, 0.717) is 36.0 Å². The molecule has 3 aromatic heterocycles. The first-order valence-corrected chi connectivity index (χ1v) is 11.5. The smallest absolute Gasteiger partial charge is 0.324 e. The van der Waals surface area contributed by atoms with Crippen molar-refractivity contribution < 1.29 is 13.2 Å². The molecule has 0 bridgehead atoms. The van der Waals surface area contributed by atoms with Crippen molar-refractivity contribution in [1.29, 1.82) is 0 Å². The number of halogens is 3. The average Bonchev–Trinajstić information content (AvgIpc) is 3.46. The molecule has 1 saturated carbocycles. The first-order valence-electron chi connectivity index (χ1n) is 11.5. The highest BCUT2D eigenvalue weighted by molar-refractivity contribution is 5.82. The van der Waals surface area contributed by atoms with E-state index in [1.165, 1.54) is 35.6 Å². The number of hydrogen-bond acceptors (Lipinski definition) is 5. The molecule has 2 N–H and O–H groups in total. The molecule has 9 heteroatoms. The van der Waals surface area contributed by atoms with E-state index in [1.54, 1.807) is 17.4 Å². The van der Waals surface area contributed by atoms with Crippen LogP contribution in [0.5, 0.6) is 0 Å². The van der Waals surface area contributed by atoms with Crippen LogP contribution in [0.2, 0.25) is 0 Å². The Bertz CT molecular complexity index is 1390. The number of hydrogen-bond donors (Lipinski definition) is 1. The predicted molar refractivity (Wildman–Crippen MR) is 123 cm³/mol. The predicted octanol–water partition coefficient (Wildman–Crippen LogP) is 4.85. The van der Waals surface area contributed by atoms with Crippen LogP contribution < -0.4 is 5.73 Å². The van der Waals surface area contributed by atoms with Gasteiger partial charge in [-0.2, -0.15) is 13.2 Å². The van der Waals surface area contributed by atoms with Gasteiger partial charge in [-0.3, -0.25) is 9.30 Å². The molecule has 4 aromatic rings. The van der Waals surface area contributed by atoms with E-state index in [1.807, 2.05) is 12.1 Å². The van der Waals surface area contributed by atoms with Crippen molar-refractivity contribution in [3.63, 3.8) is 0 Å². The molecule has 2 aliphatic rings. The second kappa shape index (κ2) is 7.48. The zero-order valence-corrected chi connectivity index (χ0v) is 18.8. The van der Waals surface area contributed by atoms with Crippen LogP contribution in [0.3, 0.4) is 0 Å². The molecule has 0 spiro atoms. The maximum Gasteiger partial charge on any atom is 0.408 e. The number of nitrogens with zero attached hydrogens (tertiary/aromatic N) is 5. The van der Waals surface area contributed by atoms with Gasteiger partial charge < -0.3 is 5.73 Å². The van der Waals surface area contributed by atoms with Crippen LogP contribution in [0.4, 0.5) is 13.2 Å². The summed E-state index contributed by atoms with van der Waals surface area (Å²) in [5, 5.41) is 9.45. The van der Waals surface area contributed by atoms with Gasteiger partial charge in [0, 0.05) is 30.2 Å². The van der Waals surface area contributed by atoms with Crippen molar-refractivity contribution in [1.82, 2.24) is 24.5 Å². The van der Waals surface area contributed by atoms with Crippen LogP contribution in [0, 0.1) is 0 Å². The molecule has 0 amide bonds. The fourth-order valence-corrected chi connectivity index (χ4v) is 5.02. The summed E-state index contributed by atoms with van der Waals surface area (Å²) in [7, 11) is 0. The molecular formula is C25H25F3N6. The van der Waals surface area contributed by atoms with Crippen LogP contribution in [0.1, 0.15) is 49.3 Å². The SMILES string of the molecule is CC1(N)CCN([C@@H](c2ccc3nnc(-c4ccc5ccc(C6CC6)cc5n4)n3c2)C(F)(F)F)C1. The van der Waals surface area contributed by atoms with Crippen LogP contribution in [0.25, 0.3) is 28.1 Å². The lowest BCUT2D eigenvalue weighted by molar-refractivity contribution is -0.184. The molecule has 0 radical (unpaired) electrons. The zero-order chi connectivity index (χ0) is 23.7. The highest BCUT2D eigenvalue weighted by Crippen LogP contribution is 2.42. The van der Waals surface area contributed by atoms with E-state index in [4.69, 9.17) is 10.7 Å². The molecule has 1 aromatic carbocycles. The van der Waals surface area contributed by atoms with Gasteiger partial charge >= 0.3 is 6.18 Å². The van der Waals surface area contributed by atoms with E-state index >= 15 is 0 Å². The maximum atomic E-state index is 14.2. The summed E-state index contributed by atoms with van der Waals surface area (Å²) in [6.45, 7) is 2.27. The normalized spacial score (nSPS) is 22.6. The Morgan fingerprint density at radius 1 is 1.09 bits per heavy atom. The van der Waals surface area contributed by atoms with Gasteiger partial charge in [-0.05, 0) is 61.4 Å². The summed E-state index contributed by atoms with van der Waals surface area (Å²) in [5.74, 6) is 1.02. The minimum Gasteiger partial charge on any atom is -0.324 e. The number of nitrogens with two attached hydrogens (primary N) is 1. The molecule has 34 heavy (non-hydrogen) atoms. The van der Waals surface area contributed by atoms with Crippen LogP contribution in [-0.4, -0.2) is 49.3 Å². The molecule has 2 fully saturated rings. The summed E-state index contributed by atoms with van der Waals surface area (Å²) < 4.78 is 44.2. The van der Waals surface area contributed by atoms with Gasteiger partial charge in [0.15, 0.2) is 11.5 Å². The summed E-state index contributed by atoms with van der Waals surface area (Å²) in [4.78, 5) is 6.20. The summed E-state index contributed by atoms with van der Waals surface area (Å²) in [6.07, 6.45) is -0.0410. The highest BCUT2D eigenvalue weighted by atomic mass is 19.4. The first kappa shape index (κ1) is 21.5. The Hall–Kier alpha value is -3.04. The summed E-state index contributed by atoms with van der Waals surface area (Å²) >= 11 is 0. The number of pyridine rings is 2. The van der Waals surface area contributed by atoms with Crippen molar-refractivity contribution in [3.8, 4) is 11.5 Å². The Morgan fingerprint density at radius 2 is 1.88 bits per heavy atom. The van der Waals surface area contributed by atoms with E-state index < -0.39 is 17.8 Å². The van der Waals surface area contributed by atoms with Crippen molar-refractivity contribution >= 4 is 16.6 Å². The van der Waals surface area contributed by atoms with Gasteiger partial charge in [0.05, 0.1) is 5.52 Å². The van der Waals surface area contributed by atoms with Crippen LogP contribution >= 0.6 is 0 Å². The van der Waals surface area contributed by atoms with E-state index in [0.717, 1.165) is 10.9 Å². The van der Waals surface area contributed by atoms with Gasteiger partial charge in [0.25, 0.3) is 0 Å². The van der Waals surface area contributed by atoms with Gasteiger partial charge in [-0.25, -0.2) is 4.98 Å². The molecule has 1 unspecified atom stereocenters. The van der Waals surface area contributed by atoms with Crippen molar-refractivity contribution in [2.24, 2.45) is 5.73 Å². The van der Waals surface area contributed by atoms with E-state index in [9.17, 15) is 13.2 Å². The number of alkyl halides is 3. The largest absolute Gasteiger partial charge is 0.408 e. The van der Waals surface area contributed by atoms with Gasteiger partial charge in [0.1, 0.15) is 11.7 Å². The standard InChI is InChI=1S/C25H25F3N6/c1-24(29)10-11-33(14-24)22(25(26,27)28)18-7-9-21-31-32-23(34(21)13-18)19-8-6-16-4-5-17(15-2-3-15)12-20(16)30-19/h4-9,12-13,15,22H,2-3,10-11,14,29H2,1H3/t22-,24?/m0/s1. The van der Waals surface area contributed by atoms with Crippen LogP contribution in [0.15, 0.2) is 48.7 Å². The lowest BCUT2D eigenvalue weighted by Crippen LogP contribution is -2.43. The second-order valence-electron chi connectivity index (χ2n) is 9.96. The Kier molecular flexibility index (Phi) is 4.73.